The van der Waals surface area contributed by atoms with E-state index in [2.05, 4.69) is 32.9 Å². The molecule has 0 bridgehead atoms. The third-order valence-electron chi connectivity index (χ3n) is 3.40. The molecule has 2 rings (SSSR count). The Kier molecular flexibility index (Phi) is 3.52. The molecule has 0 amide bonds. The number of benzene rings is 1. The van der Waals surface area contributed by atoms with E-state index in [-0.39, 0.29) is 0 Å². The molecule has 0 spiro atoms. The number of ether oxygens (including phenoxy) is 1. The number of hydrogen-bond donors (Lipinski definition) is 0. The highest BCUT2D eigenvalue weighted by Crippen LogP contribution is 2.30. The normalized spacial score (nSPS) is 16.7. The lowest BCUT2D eigenvalue weighted by atomic mass is 10.0. The second-order valence-electron chi connectivity index (χ2n) is 4.83. The smallest absolute Gasteiger partial charge is 0.125 e. The third kappa shape index (κ3) is 2.40. The first kappa shape index (κ1) is 11.5. The van der Waals surface area contributed by atoms with Gasteiger partial charge in [0.05, 0.1) is 6.10 Å². The van der Waals surface area contributed by atoms with Gasteiger partial charge in [0.25, 0.3) is 0 Å². The van der Waals surface area contributed by atoms with E-state index in [1.807, 2.05) is 0 Å². The summed E-state index contributed by atoms with van der Waals surface area (Å²) >= 11 is 0. The molecule has 1 saturated carbocycles. The summed E-state index contributed by atoms with van der Waals surface area (Å²) in [7, 11) is 0. The van der Waals surface area contributed by atoms with Gasteiger partial charge in [-0.05, 0) is 69.6 Å². The van der Waals surface area contributed by atoms with Gasteiger partial charge in [-0.3, -0.25) is 0 Å². The van der Waals surface area contributed by atoms with Gasteiger partial charge in [-0.2, -0.15) is 0 Å². The first-order chi connectivity index (χ1) is 7.70. The lowest BCUT2D eigenvalue weighted by Gasteiger charge is -2.18. The zero-order valence-corrected chi connectivity index (χ0v) is 10.4. The molecule has 0 atom stereocenters. The van der Waals surface area contributed by atoms with Crippen molar-refractivity contribution in [3.8, 4) is 5.75 Å². The second-order valence-corrected chi connectivity index (χ2v) is 4.83. The molecule has 87 valence electrons. The van der Waals surface area contributed by atoms with Crippen molar-refractivity contribution in [2.45, 2.75) is 52.1 Å². The fourth-order valence-electron chi connectivity index (χ4n) is 2.54. The molecule has 1 aliphatic rings. The molecule has 1 nitrogen and oxygen atoms in total. The number of aryl methyl sites for hydroxylation is 2. The summed E-state index contributed by atoms with van der Waals surface area (Å²) in [6.07, 6.45) is 6.37. The number of rotatable bonds is 3. The molecular formula is C15H21O. The Morgan fingerprint density at radius 3 is 2.25 bits per heavy atom. The van der Waals surface area contributed by atoms with E-state index in [0.717, 1.165) is 12.2 Å². The van der Waals surface area contributed by atoms with Crippen LogP contribution < -0.4 is 4.74 Å². The third-order valence-corrected chi connectivity index (χ3v) is 3.40. The van der Waals surface area contributed by atoms with Crippen molar-refractivity contribution in [1.29, 1.82) is 0 Å². The van der Waals surface area contributed by atoms with Gasteiger partial charge in [-0.25, -0.2) is 0 Å². The molecule has 0 aliphatic heterocycles. The molecular weight excluding hydrogens is 196 g/mol. The minimum Gasteiger partial charge on any atom is -0.490 e. The van der Waals surface area contributed by atoms with Crippen molar-refractivity contribution in [2.24, 2.45) is 0 Å². The fraction of sp³-hybridized carbons (Fsp3) is 0.533. The summed E-state index contributed by atoms with van der Waals surface area (Å²) in [5.41, 5.74) is 3.81. The van der Waals surface area contributed by atoms with E-state index in [9.17, 15) is 0 Å². The molecule has 0 aromatic heterocycles. The number of hydrogen-bond acceptors (Lipinski definition) is 1. The first-order valence-corrected chi connectivity index (χ1v) is 6.26. The van der Waals surface area contributed by atoms with E-state index in [4.69, 9.17) is 4.74 Å². The molecule has 1 aromatic rings. The standard InChI is InChI=1S/C15H21O/c1-4-13-9-11(2)15(12(3)10-13)16-14-7-5-6-8-14/h9-10,14H,1,4-8H2,2-3H3. The van der Waals surface area contributed by atoms with Gasteiger partial charge in [0.2, 0.25) is 0 Å². The maximum Gasteiger partial charge on any atom is 0.125 e. The molecule has 0 saturated heterocycles. The largest absolute Gasteiger partial charge is 0.490 e. The molecule has 1 aliphatic carbocycles. The van der Waals surface area contributed by atoms with Crippen molar-refractivity contribution in [2.75, 3.05) is 0 Å². The minimum atomic E-state index is 0.447. The Labute approximate surface area is 98.8 Å². The molecule has 0 N–H and O–H groups in total. The minimum absolute atomic E-state index is 0.447. The molecule has 1 fully saturated rings. The van der Waals surface area contributed by atoms with Gasteiger partial charge < -0.3 is 4.74 Å². The van der Waals surface area contributed by atoms with E-state index in [1.165, 1.54) is 42.4 Å². The van der Waals surface area contributed by atoms with Crippen LogP contribution in [0, 0.1) is 20.8 Å². The topological polar surface area (TPSA) is 9.23 Å². The van der Waals surface area contributed by atoms with Crippen molar-refractivity contribution >= 4 is 0 Å². The highest BCUT2D eigenvalue weighted by molar-refractivity contribution is 5.43. The summed E-state index contributed by atoms with van der Waals surface area (Å²) in [6.45, 7) is 8.20. The van der Waals surface area contributed by atoms with Crippen LogP contribution in [-0.4, -0.2) is 6.10 Å². The van der Waals surface area contributed by atoms with Crippen molar-refractivity contribution < 1.29 is 4.74 Å². The Bertz CT molecular complexity index is 339. The summed E-state index contributed by atoms with van der Waals surface area (Å²) in [5.74, 6) is 1.10. The second kappa shape index (κ2) is 4.90. The molecule has 1 aromatic carbocycles. The lowest BCUT2D eigenvalue weighted by Crippen LogP contribution is -2.12. The van der Waals surface area contributed by atoms with Gasteiger partial charge in [0.15, 0.2) is 0 Å². The van der Waals surface area contributed by atoms with Crippen LogP contribution in [0.1, 0.15) is 42.4 Å². The Balaban J connectivity index is 2.19. The fourth-order valence-corrected chi connectivity index (χ4v) is 2.54. The molecule has 1 radical (unpaired) electrons. The van der Waals surface area contributed by atoms with Crippen LogP contribution >= 0.6 is 0 Å². The van der Waals surface area contributed by atoms with E-state index in [1.54, 1.807) is 0 Å². The summed E-state index contributed by atoms with van der Waals surface area (Å²) in [6, 6.07) is 4.40. The predicted molar refractivity (Wildman–Crippen MR) is 67.9 cm³/mol. The van der Waals surface area contributed by atoms with Crippen LogP contribution in [0.3, 0.4) is 0 Å². The Morgan fingerprint density at radius 2 is 1.75 bits per heavy atom. The molecule has 0 heterocycles. The van der Waals surface area contributed by atoms with E-state index in [0.29, 0.717) is 6.10 Å². The van der Waals surface area contributed by atoms with Crippen molar-refractivity contribution in [1.82, 2.24) is 0 Å². The van der Waals surface area contributed by atoms with Crippen LogP contribution in [0.5, 0.6) is 5.75 Å². The first-order valence-electron chi connectivity index (χ1n) is 6.26. The summed E-state index contributed by atoms with van der Waals surface area (Å²) < 4.78 is 6.12. The monoisotopic (exact) mass is 217 g/mol. The SMILES string of the molecule is [CH2]Cc1cc(C)c(OC2CCCC2)c(C)c1. The molecule has 1 heteroatoms. The van der Waals surface area contributed by atoms with Crippen LogP contribution in [0.2, 0.25) is 0 Å². The summed E-state index contributed by atoms with van der Waals surface area (Å²) in [5, 5.41) is 0. The van der Waals surface area contributed by atoms with Crippen LogP contribution in [0.25, 0.3) is 0 Å². The maximum absolute atomic E-state index is 6.12. The van der Waals surface area contributed by atoms with Gasteiger partial charge in [-0.1, -0.05) is 12.1 Å². The zero-order chi connectivity index (χ0) is 11.5. The highest BCUT2D eigenvalue weighted by atomic mass is 16.5. The zero-order valence-electron chi connectivity index (χ0n) is 10.4. The van der Waals surface area contributed by atoms with Crippen LogP contribution in [0.15, 0.2) is 12.1 Å². The van der Waals surface area contributed by atoms with E-state index >= 15 is 0 Å². The lowest BCUT2D eigenvalue weighted by molar-refractivity contribution is 0.207. The van der Waals surface area contributed by atoms with Crippen molar-refractivity contribution in [3.63, 3.8) is 0 Å². The molecule has 0 unspecified atom stereocenters. The molecule has 16 heavy (non-hydrogen) atoms. The van der Waals surface area contributed by atoms with Gasteiger partial charge in [-0.15, -0.1) is 0 Å². The average molecular weight is 217 g/mol. The highest BCUT2D eigenvalue weighted by Gasteiger charge is 2.18. The van der Waals surface area contributed by atoms with Crippen molar-refractivity contribution in [3.05, 3.63) is 35.7 Å². The Morgan fingerprint density at radius 1 is 1.19 bits per heavy atom. The van der Waals surface area contributed by atoms with Gasteiger partial charge in [0.1, 0.15) is 5.75 Å². The summed E-state index contributed by atoms with van der Waals surface area (Å²) in [4.78, 5) is 0. The van der Waals surface area contributed by atoms with Crippen LogP contribution in [-0.2, 0) is 6.42 Å². The predicted octanol–water partition coefficient (Wildman–Crippen LogP) is 4.00. The van der Waals surface area contributed by atoms with Gasteiger partial charge >= 0.3 is 0 Å². The average Bonchev–Trinajstić information content (AvgIpc) is 2.75. The van der Waals surface area contributed by atoms with E-state index < -0.39 is 0 Å². The Hall–Kier alpha value is -0.980. The maximum atomic E-state index is 6.12. The van der Waals surface area contributed by atoms with Gasteiger partial charge in [0, 0.05) is 0 Å². The van der Waals surface area contributed by atoms with Crippen LogP contribution in [0.4, 0.5) is 0 Å². The quantitative estimate of drug-likeness (QED) is 0.743.